The fourth-order valence-corrected chi connectivity index (χ4v) is 4.34. The quantitative estimate of drug-likeness (QED) is 0.742. The Labute approximate surface area is 117 Å². The second kappa shape index (κ2) is 7.13. The highest BCUT2D eigenvalue weighted by molar-refractivity contribution is 7.99. The van der Waals surface area contributed by atoms with Gasteiger partial charge >= 0.3 is 0 Å². The van der Waals surface area contributed by atoms with Crippen molar-refractivity contribution in [3.8, 4) is 0 Å². The highest BCUT2D eigenvalue weighted by Gasteiger charge is 2.46. The van der Waals surface area contributed by atoms with Crippen LogP contribution in [0.5, 0.6) is 0 Å². The van der Waals surface area contributed by atoms with Crippen LogP contribution in [0.3, 0.4) is 0 Å². The Balaban J connectivity index is 2.54. The first-order valence-corrected chi connectivity index (χ1v) is 8.33. The standard InChI is InChI=1S/C14H30N2OS/c1-5-16(6-2)9-8-15-14(11-17)12-18-10-7-13(14,3)4/h15,17H,5-12H2,1-4H3. The predicted molar refractivity (Wildman–Crippen MR) is 81.3 cm³/mol. The summed E-state index contributed by atoms with van der Waals surface area (Å²) >= 11 is 1.96. The molecule has 1 atom stereocenters. The van der Waals surface area contributed by atoms with E-state index in [1.807, 2.05) is 11.8 Å². The van der Waals surface area contributed by atoms with Gasteiger partial charge in [-0.25, -0.2) is 0 Å². The summed E-state index contributed by atoms with van der Waals surface area (Å²) < 4.78 is 0. The topological polar surface area (TPSA) is 35.5 Å². The first-order valence-electron chi connectivity index (χ1n) is 7.17. The first kappa shape index (κ1) is 16.3. The van der Waals surface area contributed by atoms with Gasteiger partial charge in [0.25, 0.3) is 0 Å². The van der Waals surface area contributed by atoms with Crippen molar-refractivity contribution in [2.45, 2.75) is 39.7 Å². The molecule has 1 heterocycles. The minimum absolute atomic E-state index is 0.108. The third-order valence-electron chi connectivity index (χ3n) is 4.57. The normalized spacial score (nSPS) is 27.7. The molecule has 1 aliphatic heterocycles. The van der Waals surface area contributed by atoms with E-state index in [1.54, 1.807) is 0 Å². The SMILES string of the molecule is CCN(CC)CCNC1(CO)CSCCC1(C)C. The highest BCUT2D eigenvalue weighted by atomic mass is 32.2. The van der Waals surface area contributed by atoms with Gasteiger partial charge in [-0.3, -0.25) is 0 Å². The lowest BCUT2D eigenvalue weighted by Gasteiger charge is -2.49. The van der Waals surface area contributed by atoms with Crippen molar-refractivity contribution in [1.29, 1.82) is 0 Å². The zero-order valence-electron chi connectivity index (χ0n) is 12.5. The van der Waals surface area contributed by atoms with Crippen LogP contribution in [0.25, 0.3) is 0 Å². The van der Waals surface area contributed by atoms with Crippen molar-refractivity contribution in [1.82, 2.24) is 10.2 Å². The van der Waals surface area contributed by atoms with Gasteiger partial charge in [-0.2, -0.15) is 11.8 Å². The van der Waals surface area contributed by atoms with Gasteiger partial charge in [0.1, 0.15) is 0 Å². The molecule has 0 bridgehead atoms. The van der Waals surface area contributed by atoms with Gasteiger partial charge in [-0.15, -0.1) is 0 Å². The van der Waals surface area contributed by atoms with E-state index in [9.17, 15) is 5.11 Å². The summed E-state index contributed by atoms with van der Waals surface area (Å²) in [5.41, 5.74) is 0.0688. The lowest BCUT2D eigenvalue weighted by atomic mass is 9.71. The van der Waals surface area contributed by atoms with Gasteiger partial charge in [0.2, 0.25) is 0 Å². The second-order valence-electron chi connectivity index (χ2n) is 5.88. The number of hydrogen-bond donors (Lipinski definition) is 2. The summed E-state index contributed by atoms with van der Waals surface area (Å²) in [5, 5.41) is 13.5. The van der Waals surface area contributed by atoms with E-state index in [4.69, 9.17) is 0 Å². The van der Waals surface area contributed by atoms with Crippen molar-refractivity contribution in [3.63, 3.8) is 0 Å². The van der Waals surface area contributed by atoms with Crippen LogP contribution >= 0.6 is 11.8 Å². The molecule has 1 unspecified atom stereocenters. The van der Waals surface area contributed by atoms with Gasteiger partial charge < -0.3 is 15.3 Å². The third kappa shape index (κ3) is 3.62. The summed E-state index contributed by atoms with van der Waals surface area (Å²) in [7, 11) is 0. The van der Waals surface area contributed by atoms with E-state index in [0.29, 0.717) is 0 Å². The second-order valence-corrected chi connectivity index (χ2v) is 6.99. The Kier molecular flexibility index (Phi) is 6.45. The number of thioether (sulfide) groups is 1. The monoisotopic (exact) mass is 274 g/mol. The molecule has 0 aliphatic carbocycles. The molecule has 1 rings (SSSR count). The van der Waals surface area contributed by atoms with Crippen molar-refractivity contribution in [2.24, 2.45) is 5.41 Å². The molecule has 0 aromatic carbocycles. The Morgan fingerprint density at radius 1 is 1.28 bits per heavy atom. The average Bonchev–Trinajstić information content (AvgIpc) is 2.36. The van der Waals surface area contributed by atoms with Gasteiger partial charge in [0, 0.05) is 18.8 Å². The number of hydrogen-bond acceptors (Lipinski definition) is 4. The lowest BCUT2D eigenvalue weighted by Crippen LogP contribution is -2.63. The van der Waals surface area contributed by atoms with Crippen LogP contribution in [-0.2, 0) is 0 Å². The summed E-state index contributed by atoms with van der Waals surface area (Å²) in [4.78, 5) is 2.42. The summed E-state index contributed by atoms with van der Waals surface area (Å²) in [6.07, 6.45) is 1.18. The van der Waals surface area contributed by atoms with E-state index < -0.39 is 0 Å². The van der Waals surface area contributed by atoms with E-state index in [2.05, 4.69) is 37.9 Å². The van der Waals surface area contributed by atoms with Crippen LogP contribution in [0.2, 0.25) is 0 Å². The van der Waals surface area contributed by atoms with Crippen molar-refractivity contribution >= 4 is 11.8 Å². The van der Waals surface area contributed by atoms with E-state index in [1.165, 1.54) is 12.2 Å². The molecule has 108 valence electrons. The van der Waals surface area contributed by atoms with Crippen LogP contribution < -0.4 is 5.32 Å². The molecular weight excluding hydrogens is 244 g/mol. The van der Waals surface area contributed by atoms with Crippen LogP contribution in [0.15, 0.2) is 0 Å². The van der Waals surface area contributed by atoms with Gasteiger partial charge in [0.15, 0.2) is 0 Å². The minimum atomic E-state index is -0.108. The molecule has 1 aliphatic rings. The molecule has 2 N–H and O–H groups in total. The number of aliphatic hydroxyl groups is 1. The maximum absolute atomic E-state index is 9.87. The largest absolute Gasteiger partial charge is 0.394 e. The van der Waals surface area contributed by atoms with Crippen LogP contribution in [0.1, 0.15) is 34.1 Å². The van der Waals surface area contributed by atoms with Crippen molar-refractivity contribution in [2.75, 3.05) is 44.3 Å². The molecule has 1 fully saturated rings. The Bertz CT molecular complexity index is 244. The molecule has 4 heteroatoms. The summed E-state index contributed by atoms with van der Waals surface area (Å²) in [6.45, 7) is 13.4. The van der Waals surface area contributed by atoms with Gasteiger partial charge in [-0.05, 0) is 30.7 Å². The molecule has 0 amide bonds. The first-order chi connectivity index (χ1) is 8.51. The maximum Gasteiger partial charge on any atom is 0.0626 e. The zero-order chi connectivity index (χ0) is 13.6. The molecule has 0 aromatic heterocycles. The lowest BCUT2D eigenvalue weighted by molar-refractivity contribution is 0.0583. The third-order valence-corrected chi connectivity index (χ3v) is 5.76. The highest BCUT2D eigenvalue weighted by Crippen LogP contribution is 2.41. The molecule has 0 spiro atoms. The molecule has 0 radical (unpaired) electrons. The summed E-state index contributed by atoms with van der Waals surface area (Å²) in [6, 6.07) is 0. The fraction of sp³-hybridized carbons (Fsp3) is 1.00. The number of nitrogens with one attached hydrogen (secondary N) is 1. The number of rotatable bonds is 7. The Hall–Kier alpha value is 0.230. The maximum atomic E-state index is 9.87. The van der Waals surface area contributed by atoms with Crippen LogP contribution in [-0.4, -0.2) is 59.8 Å². The molecule has 1 saturated heterocycles. The van der Waals surface area contributed by atoms with Gasteiger partial charge in [0.05, 0.1) is 12.1 Å². The summed E-state index contributed by atoms with van der Waals surface area (Å²) in [5.74, 6) is 2.24. The number of aliphatic hydroxyl groups excluding tert-OH is 1. The Morgan fingerprint density at radius 3 is 2.44 bits per heavy atom. The molecule has 0 saturated carbocycles. The van der Waals surface area contributed by atoms with E-state index in [0.717, 1.165) is 31.9 Å². The molecule has 18 heavy (non-hydrogen) atoms. The van der Waals surface area contributed by atoms with Crippen LogP contribution in [0, 0.1) is 5.41 Å². The van der Waals surface area contributed by atoms with Crippen LogP contribution in [0.4, 0.5) is 0 Å². The Morgan fingerprint density at radius 2 is 1.94 bits per heavy atom. The van der Waals surface area contributed by atoms with Crippen molar-refractivity contribution < 1.29 is 5.11 Å². The van der Waals surface area contributed by atoms with E-state index in [-0.39, 0.29) is 17.6 Å². The number of nitrogens with zero attached hydrogens (tertiary/aromatic N) is 1. The smallest absolute Gasteiger partial charge is 0.0626 e. The average molecular weight is 274 g/mol. The number of likely N-dealkylation sites (N-methyl/N-ethyl adjacent to an activating group) is 1. The molecule has 3 nitrogen and oxygen atoms in total. The zero-order valence-corrected chi connectivity index (χ0v) is 13.3. The fourth-order valence-electron chi connectivity index (χ4n) is 2.61. The van der Waals surface area contributed by atoms with Gasteiger partial charge in [-0.1, -0.05) is 27.7 Å². The molecule has 0 aromatic rings. The van der Waals surface area contributed by atoms with Crippen molar-refractivity contribution in [3.05, 3.63) is 0 Å². The minimum Gasteiger partial charge on any atom is -0.394 e. The predicted octanol–water partition coefficient (Wildman–Crippen LogP) is 1.81. The van der Waals surface area contributed by atoms with E-state index >= 15 is 0 Å². The molecular formula is C14H30N2OS.